The lowest BCUT2D eigenvalue weighted by molar-refractivity contribution is -0.192. The largest absolute Gasteiger partial charge is 0.589 e. The molecule has 0 radical (unpaired) electrons. The molecule has 3 atom stereocenters. The Morgan fingerprint density at radius 1 is 1.45 bits per heavy atom. The van der Waals surface area contributed by atoms with Crippen LogP contribution in [0.25, 0.3) is 0 Å². The van der Waals surface area contributed by atoms with E-state index < -0.39 is 27.2 Å². The second-order valence-corrected chi connectivity index (χ2v) is 4.74. The number of aliphatic hydroxyl groups is 1. The fourth-order valence-corrected chi connectivity index (χ4v) is 1.60. The van der Waals surface area contributed by atoms with Crippen molar-refractivity contribution in [1.82, 2.24) is 0 Å². The SMILES string of the molecule is CC(N)C(O)([P+](=O)[O-])[P+](=O)[O-]. The van der Waals surface area contributed by atoms with E-state index in [1.54, 1.807) is 0 Å². The molecule has 0 aromatic heterocycles. The van der Waals surface area contributed by atoms with Gasteiger partial charge in [-0.15, -0.1) is 0 Å². The van der Waals surface area contributed by atoms with E-state index in [0.29, 0.717) is 0 Å². The standard InChI is InChI=1S/C3H7NO5P2/c1-2(4)3(5,10(6)7)11(8)9/h2,5H,4H2,1H3. The van der Waals surface area contributed by atoms with Crippen LogP contribution >= 0.6 is 16.1 Å². The van der Waals surface area contributed by atoms with Gasteiger partial charge in [0.25, 0.3) is 0 Å². The maximum atomic E-state index is 10.2. The number of nitrogens with two attached hydrogens (primary N) is 1. The van der Waals surface area contributed by atoms with Gasteiger partial charge in [0.15, 0.2) is 0 Å². The molecule has 0 fully saturated rings. The van der Waals surface area contributed by atoms with E-state index in [4.69, 9.17) is 10.8 Å². The summed E-state index contributed by atoms with van der Waals surface area (Å²) in [5.74, 6) is 0. The minimum absolute atomic E-state index is 1.09. The van der Waals surface area contributed by atoms with Crippen LogP contribution in [0.2, 0.25) is 0 Å². The summed E-state index contributed by atoms with van der Waals surface area (Å²) < 4.78 is 20.5. The maximum Gasteiger partial charge on any atom is 0.458 e. The number of hydrogen-bond donors (Lipinski definition) is 2. The van der Waals surface area contributed by atoms with Crippen molar-refractivity contribution in [3.05, 3.63) is 0 Å². The van der Waals surface area contributed by atoms with Gasteiger partial charge >= 0.3 is 21.1 Å². The Hall–Kier alpha value is 0.0400. The first kappa shape index (κ1) is 11.0. The quantitative estimate of drug-likeness (QED) is 0.515. The molecule has 0 saturated carbocycles. The summed E-state index contributed by atoms with van der Waals surface area (Å²) in [6, 6.07) is -1.36. The molecular weight excluding hydrogens is 192 g/mol. The minimum atomic E-state index is -3.49. The number of hydrogen-bond acceptors (Lipinski definition) is 6. The molecule has 0 bridgehead atoms. The predicted octanol–water partition coefficient (Wildman–Crippen LogP) is -1.81. The zero-order chi connectivity index (χ0) is 9.23. The molecule has 0 aromatic rings. The fourth-order valence-electron chi connectivity index (χ4n) is 0.399. The summed E-state index contributed by atoms with van der Waals surface area (Å²) in [5, 5.41) is 6.11. The second-order valence-electron chi connectivity index (χ2n) is 1.99. The molecule has 8 heteroatoms. The molecule has 0 heterocycles. The van der Waals surface area contributed by atoms with Crippen LogP contribution in [0.5, 0.6) is 0 Å². The van der Waals surface area contributed by atoms with Gasteiger partial charge in [0.2, 0.25) is 0 Å². The molecule has 0 aliphatic carbocycles. The number of rotatable bonds is 3. The van der Waals surface area contributed by atoms with Gasteiger partial charge in [0.1, 0.15) is 6.04 Å². The molecule has 0 saturated heterocycles. The molecule has 6 nitrogen and oxygen atoms in total. The normalized spacial score (nSPS) is 21.9. The van der Waals surface area contributed by atoms with Gasteiger partial charge in [-0.1, -0.05) is 9.13 Å². The lowest BCUT2D eigenvalue weighted by Crippen LogP contribution is -2.43. The maximum absolute atomic E-state index is 10.2. The van der Waals surface area contributed by atoms with E-state index >= 15 is 0 Å². The zero-order valence-electron chi connectivity index (χ0n) is 5.63. The van der Waals surface area contributed by atoms with Crippen molar-refractivity contribution in [1.29, 1.82) is 0 Å². The van der Waals surface area contributed by atoms with Crippen LogP contribution < -0.4 is 15.5 Å². The highest BCUT2D eigenvalue weighted by atomic mass is 31.2. The molecule has 3 N–H and O–H groups in total. The third-order valence-electron chi connectivity index (χ3n) is 1.15. The highest BCUT2D eigenvalue weighted by Crippen LogP contribution is 2.46. The van der Waals surface area contributed by atoms with Gasteiger partial charge in [0, 0.05) is 0 Å². The van der Waals surface area contributed by atoms with Crippen molar-refractivity contribution in [2.75, 3.05) is 0 Å². The smallest absolute Gasteiger partial charge is 0.458 e. The van der Waals surface area contributed by atoms with Crippen LogP contribution in [0, 0.1) is 0 Å². The van der Waals surface area contributed by atoms with Gasteiger partial charge < -0.3 is 20.6 Å². The summed E-state index contributed by atoms with van der Waals surface area (Å²) in [6.45, 7) is 1.09. The van der Waals surface area contributed by atoms with Gasteiger partial charge in [0.05, 0.1) is 0 Å². The molecule has 0 aromatic carbocycles. The van der Waals surface area contributed by atoms with E-state index in [0.717, 1.165) is 6.92 Å². The van der Waals surface area contributed by atoms with Gasteiger partial charge in [-0.3, -0.25) is 0 Å². The molecule has 0 spiro atoms. The van der Waals surface area contributed by atoms with Crippen molar-refractivity contribution in [3.8, 4) is 0 Å². The predicted molar refractivity (Wildman–Crippen MR) is 33.8 cm³/mol. The van der Waals surface area contributed by atoms with E-state index in [9.17, 15) is 18.9 Å². The van der Waals surface area contributed by atoms with Crippen LogP contribution in [0.4, 0.5) is 0 Å². The topological polar surface area (TPSA) is 127 Å². The molecule has 11 heavy (non-hydrogen) atoms. The van der Waals surface area contributed by atoms with E-state index in [-0.39, 0.29) is 0 Å². The van der Waals surface area contributed by atoms with Gasteiger partial charge in [-0.05, 0) is 6.92 Å². The lowest BCUT2D eigenvalue weighted by Gasteiger charge is -2.13. The second kappa shape index (κ2) is 3.63. The molecule has 64 valence electrons. The third kappa shape index (κ3) is 1.99. The summed E-state index contributed by atoms with van der Waals surface area (Å²) in [5.41, 5.74) is 4.96. The summed E-state index contributed by atoms with van der Waals surface area (Å²) in [6.07, 6.45) is 0. The summed E-state index contributed by atoms with van der Waals surface area (Å²) in [7, 11) is -6.98. The first-order chi connectivity index (χ1) is 4.83. The summed E-state index contributed by atoms with van der Waals surface area (Å²) in [4.78, 5) is 20.5. The van der Waals surface area contributed by atoms with Crippen LogP contribution in [-0.4, -0.2) is 16.2 Å². The Bertz CT molecular complexity index is 178. The Morgan fingerprint density at radius 2 is 1.73 bits per heavy atom. The van der Waals surface area contributed by atoms with Crippen LogP contribution in [0.15, 0.2) is 0 Å². The zero-order valence-corrected chi connectivity index (χ0v) is 7.42. The monoisotopic (exact) mass is 199 g/mol. The van der Waals surface area contributed by atoms with Crippen molar-refractivity contribution in [2.45, 2.75) is 18.0 Å². The van der Waals surface area contributed by atoms with Crippen LogP contribution in [-0.2, 0) is 9.13 Å². The molecule has 0 aliphatic heterocycles. The molecule has 0 aliphatic rings. The van der Waals surface area contributed by atoms with Crippen molar-refractivity contribution in [3.63, 3.8) is 0 Å². The molecule has 3 unspecified atom stereocenters. The Morgan fingerprint density at radius 3 is 1.73 bits per heavy atom. The first-order valence-electron chi connectivity index (χ1n) is 2.60. The molecular formula is C3H7NO5P2. The average Bonchev–Trinajstić information content (AvgIpc) is 1.84. The average molecular weight is 199 g/mol. The first-order valence-corrected chi connectivity index (χ1v) is 4.96. The van der Waals surface area contributed by atoms with Gasteiger partial charge in [-0.25, -0.2) is 0 Å². The highest BCUT2D eigenvalue weighted by molar-refractivity contribution is 7.57. The summed E-state index contributed by atoms with van der Waals surface area (Å²) >= 11 is 0. The Kier molecular flexibility index (Phi) is 3.64. The van der Waals surface area contributed by atoms with E-state index in [1.165, 1.54) is 0 Å². The highest BCUT2D eigenvalue weighted by Gasteiger charge is 2.58. The van der Waals surface area contributed by atoms with Crippen LogP contribution in [0.3, 0.4) is 0 Å². The van der Waals surface area contributed by atoms with Crippen molar-refractivity contribution >= 4 is 16.1 Å². The Balaban J connectivity index is 4.82. The van der Waals surface area contributed by atoms with Crippen molar-refractivity contribution < 1.29 is 24.0 Å². The van der Waals surface area contributed by atoms with E-state index in [2.05, 4.69) is 0 Å². The van der Waals surface area contributed by atoms with Crippen molar-refractivity contribution in [2.24, 2.45) is 5.73 Å². The minimum Gasteiger partial charge on any atom is -0.589 e. The molecule has 0 amide bonds. The Labute approximate surface area is 64.8 Å². The fraction of sp³-hybridized carbons (Fsp3) is 1.00. The van der Waals surface area contributed by atoms with E-state index in [1.807, 2.05) is 0 Å². The van der Waals surface area contributed by atoms with Crippen LogP contribution in [0.1, 0.15) is 6.92 Å². The molecule has 0 rings (SSSR count). The third-order valence-corrected chi connectivity index (χ3v) is 4.02. The van der Waals surface area contributed by atoms with Gasteiger partial charge in [-0.2, -0.15) is 0 Å². The lowest BCUT2D eigenvalue weighted by atomic mass is 10.4.